The molecule has 3 rings (SSSR count). The molecule has 4 nitrogen and oxygen atoms in total. The number of esters is 1. The molecule has 0 spiro atoms. The van der Waals surface area contributed by atoms with Crippen molar-refractivity contribution < 1.29 is 32.2 Å². The SMILES string of the molecule is COC(C(=O)OC[C@H]1O[C@@H]1CC1CCCCC1)(c1ccccc1)C(F)(F)F. The summed E-state index contributed by atoms with van der Waals surface area (Å²) in [5, 5.41) is 0. The molecule has 1 aliphatic carbocycles. The van der Waals surface area contributed by atoms with E-state index in [2.05, 4.69) is 0 Å². The third kappa shape index (κ3) is 4.29. The molecule has 2 fully saturated rings. The Kier molecular flexibility index (Phi) is 6.11. The second-order valence-electron chi connectivity index (χ2n) is 7.30. The highest BCUT2D eigenvalue weighted by Crippen LogP contribution is 2.43. The largest absolute Gasteiger partial charge is 0.460 e. The summed E-state index contributed by atoms with van der Waals surface area (Å²) in [7, 11) is 0.862. The van der Waals surface area contributed by atoms with Crippen LogP contribution in [-0.2, 0) is 24.6 Å². The summed E-state index contributed by atoms with van der Waals surface area (Å²) in [6, 6.07) is 6.83. The minimum absolute atomic E-state index is 0.0274. The first-order valence-electron chi connectivity index (χ1n) is 9.38. The van der Waals surface area contributed by atoms with E-state index in [9.17, 15) is 18.0 Å². The normalized spacial score (nSPS) is 25.6. The van der Waals surface area contributed by atoms with Gasteiger partial charge in [0.2, 0.25) is 0 Å². The number of benzene rings is 1. The molecule has 0 aromatic heterocycles. The predicted octanol–water partition coefficient (Wildman–Crippen LogP) is 4.37. The van der Waals surface area contributed by atoms with Gasteiger partial charge in [0, 0.05) is 12.7 Å². The van der Waals surface area contributed by atoms with Crippen LogP contribution in [-0.4, -0.2) is 38.1 Å². The minimum Gasteiger partial charge on any atom is -0.460 e. The molecule has 1 unspecified atom stereocenters. The zero-order valence-electron chi connectivity index (χ0n) is 15.3. The highest BCUT2D eigenvalue weighted by atomic mass is 19.4. The number of ether oxygens (including phenoxy) is 3. The average Bonchev–Trinajstić information content (AvgIpc) is 3.39. The molecule has 1 aromatic rings. The Morgan fingerprint density at radius 1 is 1.11 bits per heavy atom. The fourth-order valence-corrected chi connectivity index (χ4v) is 3.93. The van der Waals surface area contributed by atoms with Crippen LogP contribution in [0.25, 0.3) is 0 Å². The molecule has 7 heteroatoms. The second kappa shape index (κ2) is 8.19. The first-order chi connectivity index (χ1) is 12.9. The van der Waals surface area contributed by atoms with Crippen LogP contribution in [0.15, 0.2) is 30.3 Å². The average molecular weight is 386 g/mol. The fraction of sp³-hybridized carbons (Fsp3) is 0.650. The van der Waals surface area contributed by atoms with Gasteiger partial charge in [-0.15, -0.1) is 0 Å². The molecule has 1 saturated carbocycles. The van der Waals surface area contributed by atoms with Crippen molar-refractivity contribution in [1.29, 1.82) is 0 Å². The maximum Gasteiger partial charge on any atom is 0.432 e. The molecule has 27 heavy (non-hydrogen) atoms. The highest BCUT2D eigenvalue weighted by molar-refractivity contribution is 5.82. The van der Waals surface area contributed by atoms with E-state index in [-0.39, 0.29) is 24.4 Å². The minimum atomic E-state index is -4.95. The van der Waals surface area contributed by atoms with E-state index in [1.165, 1.54) is 56.4 Å². The lowest BCUT2D eigenvalue weighted by Gasteiger charge is -2.32. The molecule has 3 atom stereocenters. The Balaban J connectivity index is 1.61. The molecule has 150 valence electrons. The van der Waals surface area contributed by atoms with Crippen LogP contribution in [0.3, 0.4) is 0 Å². The third-order valence-electron chi connectivity index (χ3n) is 5.53. The molecule has 0 bridgehead atoms. The summed E-state index contributed by atoms with van der Waals surface area (Å²) < 4.78 is 56.6. The number of halogens is 3. The zero-order chi connectivity index (χ0) is 19.5. The lowest BCUT2D eigenvalue weighted by Crippen LogP contribution is -2.52. The summed E-state index contributed by atoms with van der Waals surface area (Å²) in [5.74, 6) is -0.863. The summed E-state index contributed by atoms with van der Waals surface area (Å²) in [6.07, 6.45) is 1.62. The third-order valence-corrected chi connectivity index (χ3v) is 5.53. The number of carbonyl (C=O) groups is 1. The van der Waals surface area contributed by atoms with Gasteiger partial charge in [0.05, 0.1) is 6.10 Å². The van der Waals surface area contributed by atoms with Gasteiger partial charge in [0.15, 0.2) is 0 Å². The monoisotopic (exact) mass is 386 g/mol. The van der Waals surface area contributed by atoms with Gasteiger partial charge in [-0.25, -0.2) is 4.79 Å². The number of epoxide rings is 1. The molecule has 0 N–H and O–H groups in total. The van der Waals surface area contributed by atoms with E-state index in [1.807, 2.05) is 0 Å². The molecule has 1 aliphatic heterocycles. The quantitative estimate of drug-likeness (QED) is 0.516. The second-order valence-corrected chi connectivity index (χ2v) is 7.30. The van der Waals surface area contributed by atoms with Crippen molar-refractivity contribution in [2.24, 2.45) is 5.92 Å². The van der Waals surface area contributed by atoms with Crippen LogP contribution < -0.4 is 0 Å². The Bertz CT molecular complexity index is 628. The van der Waals surface area contributed by atoms with Crippen LogP contribution in [0.5, 0.6) is 0 Å². The number of hydrogen-bond acceptors (Lipinski definition) is 4. The maximum atomic E-state index is 13.8. The number of rotatable bonds is 7. The van der Waals surface area contributed by atoms with Gasteiger partial charge in [-0.3, -0.25) is 0 Å². The molecule has 2 aliphatic rings. The Morgan fingerprint density at radius 2 is 1.78 bits per heavy atom. The van der Waals surface area contributed by atoms with Crippen molar-refractivity contribution in [2.75, 3.05) is 13.7 Å². The van der Waals surface area contributed by atoms with Gasteiger partial charge in [-0.1, -0.05) is 62.4 Å². The van der Waals surface area contributed by atoms with Crippen LogP contribution in [0.1, 0.15) is 44.1 Å². The van der Waals surface area contributed by atoms with Gasteiger partial charge < -0.3 is 14.2 Å². The summed E-state index contributed by atoms with van der Waals surface area (Å²) in [4.78, 5) is 12.4. The zero-order valence-corrected chi connectivity index (χ0v) is 15.3. The van der Waals surface area contributed by atoms with Crippen molar-refractivity contribution in [3.8, 4) is 0 Å². The first-order valence-corrected chi connectivity index (χ1v) is 9.38. The van der Waals surface area contributed by atoms with Crippen LogP contribution in [0, 0.1) is 5.92 Å². The molecule has 0 amide bonds. The van der Waals surface area contributed by atoms with Crippen LogP contribution >= 0.6 is 0 Å². The van der Waals surface area contributed by atoms with Crippen molar-refractivity contribution in [3.05, 3.63) is 35.9 Å². The van der Waals surface area contributed by atoms with Gasteiger partial charge in [-0.05, 0) is 12.3 Å². The van der Waals surface area contributed by atoms with Crippen molar-refractivity contribution in [2.45, 2.75) is 62.5 Å². The molecular formula is C20H25F3O4. The number of hydrogen-bond donors (Lipinski definition) is 0. The molecular weight excluding hydrogens is 361 g/mol. The van der Waals surface area contributed by atoms with Gasteiger partial charge >= 0.3 is 12.1 Å². The Labute approximate surface area is 157 Å². The maximum absolute atomic E-state index is 13.8. The Hall–Kier alpha value is -1.60. The van der Waals surface area contributed by atoms with E-state index in [4.69, 9.17) is 14.2 Å². The number of alkyl halides is 3. The van der Waals surface area contributed by atoms with Crippen molar-refractivity contribution in [1.82, 2.24) is 0 Å². The lowest BCUT2D eigenvalue weighted by molar-refractivity contribution is -0.276. The summed E-state index contributed by atoms with van der Waals surface area (Å²) >= 11 is 0. The molecule has 1 heterocycles. The van der Waals surface area contributed by atoms with Gasteiger partial charge in [-0.2, -0.15) is 13.2 Å². The number of carbonyl (C=O) groups excluding carboxylic acids is 1. The van der Waals surface area contributed by atoms with E-state index in [1.54, 1.807) is 6.07 Å². The van der Waals surface area contributed by atoms with E-state index >= 15 is 0 Å². The van der Waals surface area contributed by atoms with E-state index in [0.29, 0.717) is 5.92 Å². The predicted molar refractivity (Wildman–Crippen MR) is 92.0 cm³/mol. The molecule has 1 saturated heterocycles. The summed E-state index contributed by atoms with van der Waals surface area (Å²) in [6.45, 7) is -0.190. The summed E-state index contributed by atoms with van der Waals surface area (Å²) in [5.41, 5.74) is -3.44. The molecule has 0 radical (unpaired) electrons. The fourth-order valence-electron chi connectivity index (χ4n) is 3.93. The highest BCUT2D eigenvalue weighted by Gasteiger charge is 2.64. The lowest BCUT2D eigenvalue weighted by atomic mass is 9.86. The number of methoxy groups -OCH3 is 1. The Morgan fingerprint density at radius 3 is 2.37 bits per heavy atom. The van der Waals surface area contributed by atoms with Crippen molar-refractivity contribution >= 4 is 5.97 Å². The smallest absolute Gasteiger partial charge is 0.432 e. The van der Waals surface area contributed by atoms with Crippen LogP contribution in [0.2, 0.25) is 0 Å². The van der Waals surface area contributed by atoms with E-state index in [0.717, 1.165) is 13.5 Å². The van der Waals surface area contributed by atoms with Gasteiger partial charge in [0.1, 0.15) is 12.7 Å². The molecule has 1 aromatic carbocycles. The standard InChI is InChI=1S/C20H25F3O4/c1-25-19(20(21,22)23,15-10-6-3-7-11-15)18(24)26-13-17-16(27-17)12-14-8-4-2-5-9-14/h3,6-7,10-11,14,16-17H,2,4-5,8-9,12-13H2,1H3/t16-,17-,19?/m1/s1. The topological polar surface area (TPSA) is 48.1 Å². The first kappa shape index (κ1) is 20.1. The van der Waals surface area contributed by atoms with Gasteiger partial charge in [0.25, 0.3) is 5.60 Å². The van der Waals surface area contributed by atoms with Crippen LogP contribution in [0.4, 0.5) is 13.2 Å². The van der Waals surface area contributed by atoms with E-state index < -0.39 is 17.7 Å². The van der Waals surface area contributed by atoms with Crippen molar-refractivity contribution in [3.63, 3.8) is 0 Å².